The lowest BCUT2D eigenvalue weighted by Crippen LogP contribution is -2.61. The van der Waals surface area contributed by atoms with Crippen LogP contribution in [0.2, 0.25) is 0 Å². The Morgan fingerprint density at radius 2 is 0.483 bits per heavy atom. The van der Waals surface area contributed by atoms with Crippen LogP contribution < -0.4 is 26.2 Å². The van der Waals surface area contributed by atoms with Gasteiger partial charge in [0.15, 0.2) is 0 Å². The Labute approximate surface area is 724 Å². The molecule has 0 saturated carbocycles. The highest BCUT2D eigenvalue weighted by Gasteiger charge is 2.46. The lowest BCUT2D eigenvalue weighted by molar-refractivity contribution is 0.411. The van der Waals surface area contributed by atoms with E-state index in [9.17, 15) is 0 Å². The fourth-order valence-corrected chi connectivity index (χ4v) is 19.4. The first-order chi connectivity index (χ1) is 55.3. The Bertz CT molecular complexity index is 5630. The van der Waals surface area contributed by atoms with Gasteiger partial charge in [-0.2, -0.15) is 0 Å². The molecule has 4 nitrogen and oxygen atoms in total. The molecule has 2 aliphatic rings. The maximum atomic E-state index is 2.78. The van der Waals surface area contributed by atoms with Crippen molar-refractivity contribution < 1.29 is 0 Å². The van der Waals surface area contributed by atoms with Gasteiger partial charge in [0.2, 0.25) is 0 Å². The third-order valence-electron chi connectivity index (χ3n) is 25.2. The Balaban J connectivity index is 1.12. The van der Waals surface area contributed by atoms with Gasteiger partial charge in [0.25, 0.3) is 6.71 Å². The number of hydrogen-bond donors (Lipinski definition) is 0. The topological polar surface area (TPSA) is 16.3 Å². The van der Waals surface area contributed by atoms with E-state index in [0.717, 1.165) is 43.5 Å². The fraction of sp³-hybridized carbons (Fsp3) is 0.426. The number of benzene rings is 11. The van der Waals surface area contributed by atoms with Crippen molar-refractivity contribution in [2.24, 2.45) is 27.1 Å². The highest BCUT2D eigenvalue weighted by atomic mass is 15.2. The van der Waals surface area contributed by atoms with Crippen LogP contribution in [0, 0.1) is 27.1 Å². The SMILES string of the molecule is CC(C)(C)Cc1cc2c3c(c1)N(c1ccc(C(C)(C)C)cc1-c1cc(C(C)(C)C)cc(C(C)(C)C)c1)c1cc(-n4c5ccc(CC(C)(C)C)cc5c5cc(CC(C)(C)C)ccc54)ccc1B3c1ccc(-n3c4ccc(CC(C)(C)C)cc4c4cc(CC(C)(C)C)ccc43)cc1N2c1ccc(C(C)(C)C)cc1-c1cc(C(C)(C)C)cc(C(C)(C)C)c1. The summed E-state index contributed by atoms with van der Waals surface area (Å²) in [5.41, 5.74) is 37.4. The minimum atomic E-state index is -0.210. The van der Waals surface area contributed by atoms with Crippen molar-refractivity contribution in [3.05, 3.63) is 255 Å². The molecule has 4 heterocycles. The highest BCUT2D eigenvalue weighted by Crippen LogP contribution is 2.54. The van der Waals surface area contributed by atoms with Crippen molar-refractivity contribution in [3.63, 3.8) is 0 Å². The van der Waals surface area contributed by atoms with E-state index in [4.69, 9.17) is 0 Å². The molecular weight excluding hydrogens is 1450 g/mol. The van der Waals surface area contributed by atoms with E-state index in [1.165, 1.54) is 178 Å². The molecule has 5 heteroatoms. The van der Waals surface area contributed by atoms with E-state index in [-0.39, 0.29) is 66.3 Å². The summed E-state index contributed by atoms with van der Waals surface area (Å²) < 4.78 is 5.23. The third kappa shape index (κ3) is 17.1. The van der Waals surface area contributed by atoms with Crippen molar-refractivity contribution in [3.8, 4) is 33.6 Å². The zero-order chi connectivity index (χ0) is 87.2. The molecule has 0 unspecified atom stereocenters. The van der Waals surface area contributed by atoms with Crippen LogP contribution >= 0.6 is 0 Å². The summed E-state index contributed by atoms with van der Waals surface area (Å²) in [6, 6.07) is 80.5. The molecule has 2 aliphatic heterocycles. The molecule has 0 saturated heterocycles. The molecule has 0 aliphatic carbocycles. The number of fused-ring (bicyclic) bond motifs is 10. The van der Waals surface area contributed by atoms with Gasteiger partial charge in [0.1, 0.15) is 0 Å². The number of hydrogen-bond acceptors (Lipinski definition) is 2. The van der Waals surface area contributed by atoms with Crippen molar-refractivity contribution in [2.45, 2.75) is 293 Å². The number of anilines is 6. The number of aromatic nitrogens is 2. The lowest BCUT2D eigenvalue weighted by atomic mass is 9.33. The molecule has 0 bridgehead atoms. The Morgan fingerprint density at radius 3 is 0.742 bits per heavy atom. The first-order valence-electron chi connectivity index (χ1n) is 45.1. The van der Waals surface area contributed by atoms with E-state index in [1.807, 2.05) is 0 Å². The molecule has 120 heavy (non-hydrogen) atoms. The Hall–Kier alpha value is -9.32. The summed E-state index contributed by atoms with van der Waals surface area (Å²) in [7, 11) is 0. The van der Waals surface area contributed by atoms with Crippen LogP contribution in [0.3, 0.4) is 0 Å². The van der Waals surface area contributed by atoms with Gasteiger partial charge >= 0.3 is 0 Å². The lowest BCUT2D eigenvalue weighted by Gasteiger charge is -2.45. The fourth-order valence-electron chi connectivity index (χ4n) is 19.4. The van der Waals surface area contributed by atoms with Crippen molar-refractivity contribution >= 4 is 101 Å². The number of nitrogens with zero attached hydrogens (tertiary/aromatic N) is 4. The van der Waals surface area contributed by atoms with E-state index in [1.54, 1.807) is 0 Å². The predicted molar refractivity (Wildman–Crippen MR) is 528 cm³/mol. The third-order valence-corrected chi connectivity index (χ3v) is 25.2. The second kappa shape index (κ2) is 29.2. The van der Waals surface area contributed by atoms with Crippen molar-refractivity contribution in [2.75, 3.05) is 9.80 Å². The van der Waals surface area contributed by atoms with Crippen LogP contribution in [-0.2, 0) is 64.6 Å². The minimum Gasteiger partial charge on any atom is -0.311 e. The molecule has 0 fully saturated rings. The van der Waals surface area contributed by atoms with Crippen molar-refractivity contribution in [1.82, 2.24) is 9.13 Å². The van der Waals surface area contributed by atoms with Crippen molar-refractivity contribution in [1.29, 1.82) is 0 Å². The van der Waals surface area contributed by atoms with Gasteiger partial charge in [0.05, 0.1) is 33.4 Å². The van der Waals surface area contributed by atoms with E-state index >= 15 is 0 Å². The molecular formula is C115H141BN4. The number of rotatable bonds is 11. The van der Waals surface area contributed by atoms with Crippen LogP contribution in [0.5, 0.6) is 0 Å². The molecule has 624 valence electrons. The van der Waals surface area contributed by atoms with E-state index in [2.05, 4.69) is 442 Å². The summed E-state index contributed by atoms with van der Waals surface area (Å²) in [5.74, 6) is 0. The standard InChI is InChI=1S/C115H141BN4/c1-105(2,3)66-71-34-44-96-88(50-71)89-51-72(67-106(4,5)6)35-45-97(89)117(96)84-40-42-92-100(64-84)119(94-48-38-78(110(16,17)18)62-86(94)76-56-80(112(22,23)24)60-81(57-76)113(25,26)27)102-54-75(70-109(13,14)15)55-103-104(102)116(92)93-43-41-85(118-98-46-36-73(68-107(7,8)9)52-90(98)91-53-74(37-47-99(91)118)69-108(10,11)12)65-101(93)120(103)95-49-39-79(111(19,20)21)63-87(95)77-58-82(114(28,29)30)61-83(59-77)115(31,32)33/h34-65H,66-70H2,1-33H3. The summed E-state index contributed by atoms with van der Waals surface area (Å²) in [6.45, 7) is 78.6. The second-order valence-electron chi connectivity index (χ2n) is 49.0. The normalized spacial score (nSPS) is 14.2. The largest absolute Gasteiger partial charge is 0.311 e. The van der Waals surface area contributed by atoms with Gasteiger partial charge < -0.3 is 18.9 Å². The maximum Gasteiger partial charge on any atom is 0.252 e. The van der Waals surface area contributed by atoms with Gasteiger partial charge in [0, 0.05) is 66.8 Å². The highest BCUT2D eigenvalue weighted by molar-refractivity contribution is 7.00. The molecule has 0 N–H and O–H groups in total. The summed E-state index contributed by atoms with van der Waals surface area (Å²) in [5, 5.41) is 5.21. The van der Waals surface area contributed by atoms with Crippen LogP contribution in [0.15, 0.2) is 194 Å². The zero-order valence-corrected chi connectivity index (χ0v) is 79.9. The molecule has 2 aromatic heterocycles. The van der Waals surface area contributed by atoms with Crippen LogP contribution in [-0.4, -0.2) is 15.8 Å². The van der Waals surface area contributed by atoms with E-state index < -0.39 is 0 Å². The Morgan fingerprint density at radius 1 is 0.217 bits per heavy atom. The molecule has 15 rings (SSSR count). The summed E-state index contributed by atoms with van der Waals surface area (Å²) in [4.78, 5) is 5.56. The van der Waals surface area contributed by atoms with Gasteiger partial charge in [-0.25, -0.2) is 0 Å². The quantitative estimate of drug-likeness (QED) is 0.120. The average molecular weight is 1590 g/mol. The first-order valence-corrected chi connectivity index (χ1v) is 45.1. The second-order valence-corrected chi connectivity index (χ2v) is 49.0. The molecule has 0 spiro atoms. The summed E-state index contributed by atoms with van der Waals surface area (Å²) in [6.07, 6.45) is 4.79. The molecule has 0 amide bonds. The first kappa shape index (κ1) is 85.7. The van der Waals surface area contributed by atoms with Gasteiger partial charge in [-0.05, 0) is 290 Å². The van der Waals surface area contributed by atoms with Gasteiger partial charge in [-0.15, -0.1) is 0 Å². The molecule has 13 aromatic rings. The van der Waals surface area contributed by atoms with Gasteiger partial charge in [-0.1, -0.05) is 313 Å². The molecule has 11 aromatic carbocycles. The van der Waals surface area contributed by atoms with Crippen LogP contribution in [0.25, 0.3) is 77.2 Å². The predicted octanol–water partition coefficient (Wildman–Crippen LogP) is 31.0. The zero-order valence-electron chi connectivity index (χ0n) is 79.9. The van der Waals surface area contributed by atoms with Crippen LogP contribution in [0.4, 0.5) is 34.1 Å². The monoisotopic (exact) mass is 1590 g/mol. The maximum absolute atomic E-state index is 2.78. The molecule has 0 atom stereocenters. The average Bonchev–Trinajstić information content (AvgIpc) is 0.762. The van der Waals surface area contributed by atoms with Gasteiger partial charge in [-0.3, -0.25) is 0 Å². The smallest absolute Gasteiger partial charge is 0.252 e. The van der Waals surface area contributed by atoms with Crippen LogP contribution in [0.1, 0.15) is 290 Å². The summed E-state index contributed by atoms with van der Waals surface area (Å²) >= 11 is 0. The molecule has 0 radical (unpaired) electrons. The Kier molecular flexibility index (Phi) is 20.8. The van der Waals surface area contributed by atoms with E-state index in [0.29, 0.717) is 0 Å². The minimum absolute atomic E-state index is 0.0892.